The number of carbonyl (C=O) groups is 2. The Morgan fingerprint density at radius 2 is 2.21 bits per heavy atom. The molecule has 0 atom stereocenters. The third-order valence-corrected chi connectivity index (χ3v) is 1.92. The zero-order valence-corrected chi connectivity index (χ0v) is 8.13. The summed E-state index contributed by atoms with van der Waals surface area (Å²) in [6, 6.07) is 1.20. The number of aromatic nitrogens is 1. The first kappa shape index (κ1) is 10.7. The molecular formula is C7H4Cl2N2O3. The van der Waals surface area contributed by atoms with Gasteiger partial charge in [-0.1, -0.05) is 23.2 Å². The van der Waals surface area contributed by atoms with E-state index >= 15 is 0 Å². The number of pyridine rings is 1. The molecule has 0 saturated carbocycles. The highest BCUT2D eigenvalue weighted by Crippen LogP contribution is 2.24. The topological polar surface area (TPSA) is 79.3 Å². The minimum Gasteiger partial charge on any atom is -0.465 e. The summed E-state index contributed by atoms with van der Waals surface area (Å²) in [5, 5.41) is 10.2. The lowest BCUT2D eigenvalue weighted by Crippen LogP contribution is -2.09. The summed E-state index contributed by atoms with van der Waals surface area (Å²) in [6.07, 6.45) is -0.842. The maximum absolute atomic E-state index is 10.4. The average Bonchev–Trinajstić information content (AvgIpc) is 2.01. The van der Waals surface area contributed by atoms with Crippen molar-refractivity contribution in [3.05, 3.63) is 21.8 Å². The molecule has 0 radical (unpaired) electrons. The Morgan fingerprint density at radius 3 is 2.64 bits per heavy atom. The van der Waals surface area contributed by atoms with Crippen LogP contribution in [0.4, 0.5) is 10.6 Å². The molecule has 0 spiro atoms. The molecule has 0 bridgehead atoms. The Kier molecular flexibility index (Phi) is 3.27. The molecule has 1 aromatic heterocycles. The summed E-state index contributed by atoms with van der Waals surface area (Å²) in [5.74, 6) is -0.0295. The number of halogens is 2. The van der Waals surface area contributed by atoms with Gasteiger partial charge >= 0.3 is 6.09 Å². The highest BCUT2D eigenvalue weighted by molar-refractivity contribution is 6.38. The van der Waals surface area contributed by atoms with Gasteiger partial charge in [-0.15, -0.1) is 0 Å². The number of carboxylic acid groups (broad SMARTS) is 1. The average molecular weight is 235 g/mol. The van der Waals surface area contributed by atoms with Crippen molar-refractivity contribution in [1.82, 2.24) is 4.98 Å². The molecule has 74 valence electrons. The van der Waals surface area contributed by atoms with Crippen molar-refractivity contribution in [2.45, 2.75) is 0 Å². The van der Waals surface area contributed by atoms with Gasteiger partial charge in [0.15, 0.2) is 6.29 Å². The maximum atomic E-state index is 10.4. The lowest BCUT2D eigenvalue weighted by molar-refractivity contribution is 0.112. The van der Waals surface area contributed by atoms with Crippen LogP contribution in [0.15, 0.2) is 6.07 Å². The largest absolute Gasteiger partial charge is 0.465 e. The molecule has 1 amide bonds. The smallest absolute Gasteiger partial charge is 0.410 e. The molecule has 1 rings (SSSR count). The van der Waals surface area contributed by atoms with Crippen LogP contribution in [0, 0.1) is 0 Å². The van der Waals surface area contributed by atoms with Gasteiger partial charge in [0.25, 0.3) is 0 Å². The van der Waals surface area contributed by atoms with Gasteiger partial charge in [0.2, 0.25) is 0 Å². The van der Waals surface area contributed by atoms with Crippen LogP contribution in [-0.2, 0) is 0 Å². The first-order chi connectivity index (χ1) is 6.54. The molecule has 0 unspecified atom stereocenters. The number of aldehydes is 1. The third kappa shape index (κ3) is 2.34. The van der Waals surface area contributed by atoms with E-state index in [0.29, 0.717) is 6.29 Å². The lowest BCUT2D eigenvalue weighted by atomic mass is 10.3. The van der Waals surface area contributed by atoms with Crippen molar-refractivity contribution in [1.29, 1.82) is 0 Å². The first-order valence-corrected chi connectivity index (χ1v) is 4.11. The highest BCUT2D eigenvalue weighted by atomic mass is 35.5. The van der Waals surface area contributed by atoms with Gasteiger partial charge in [0, 0.05) is 6.07 Å². The van der Waals surface area contributed by atoms with Crippen molar-refractivity contribution in [2.24, 2.45) is 0 Å². The van der Waals surface area contributed by atoms with E-state index in [1.807, 2.05) is 5.32 Å². The molecule has 5 nitrogen and oxygen atoms in total. The number of amides is 1. The molecule has 0 aliphatic carbocycles. The van der Waals surface area contributed by atoms with Crippen LogP contribution in [0.2, 0.25) is 10.2 Å². The summed E-state index contributed by atoms with van der Waals surface area (Å²) in [6.45, 7) is 0. The molecule has 7 heteroatoms. The Hall–Kier alpha value is -1.33. The second-order valence-corrected chi connectivity index (χ2v) is 3.01. The van der Waals surface area contributed by atoms with E-state index in [0.717, 1.165) is 0 Å². The summed E-state index contributed by atoms with van der Waals surface area (Å²) >= 11 is 11.2. The van der Waals surface area contributed by atoms with Crippen LogP contribution < -0.4 is 5.32 Å². The SMILES string of the molecule is O=Cc1c(Cl)cc(NC(=O)O)nc1Cl. The van der Waals surface area contributed by atoms with E-state index in [1.54, 1.807) is 0 Å². The lowest BCUT2D eigenvalue weighted by Gasteiger charge is -2.03. The number of carbonyl (C=O) groups excluding carboxylic acids is 1. The number of nitrogens with one attached hydrogen (secondary N) is 1. The molecule has 0 saturated heterocycles. The Bertz CT molecular complexity index is 372. The molecule has 0 aliphatic rings. The van der Waals surface area contributed by atoms with Crippen LogP contribution in [-0.4, -0.2) is 22.5 Å². The van der Waals surface area contributed by atoms with Crippen molar-refractivity contribution in [2.75, 3.05) is 5.32 Å². The quantitative estimate of drug-likeness (QED) is 0.608. The van der Waals surface area contributed by atoms with Crippen molar-refractivity contribution in [3.8, 4) is 0 Å². The molecule has 1 aromatic rings. The summed E-state index contributed by atoms with van der Waals surface area (Å²) in [5.41, 5.74) is 0.0317. The number of rotatable bonds is 2. The number of nitrogens with zero attached hydrogens (tertiary/aromatic N) is 1. The molecule has 14 heavy (non-hydrogen) atoms. The Labute approximate surface area is 88.7 Å². The van der Waals surface area contributed by atoms with Crippen LogP contribution in [0.25, 0.3) is 0 Å². The Balaban J connectivity index is 3.13. The molecule has 1 heterocycles. The summed E-state index contributed by atoms with van der Waals surface area (Å²) in [4.78, 5) is 24.3. The van der Waals surface area contributed by atoms with Gasteiger partial charge < -0.3 is 5.11 Å². The van der Waals surface area contributed by atoms with E-state index in [4.69, 9.17) is 28.3 Å². The van der Waals surface area contributed by atoms with E-state index in [1.165, 1.54) is 6.07 Å². The van der Waals surface area contributed by atoms with Crippen molar-refractivity contribution >= 4 is 41.4 Å². The fourth-order valence-electron chi connectivity index (χ4n) is 0.773. The standard InChI is InChI=1S/C7H4Cl2N2O3/c8-4-1-5(11-7(13)14)10-6(9)3(4)2-12/h1-2H,(H,10,11)(H,13,14). The van der Waals surface area contributed by atoms with Crippen LogP contribution in [0.1, 0.15) is 10.4 Å². The predicted molar refractivity (Wildman–Crippen MR) is 51.3 cm³/mol. The van der Waals surface area contributed by atoms with E-state index < -0.39 is 6.09 Å². The van der Waals surface area contributed by atoms with E-state index in [9.17, 15) is 9.59 Å². The molecule has 2 N–H and O–H groups in total. The minimum atomic E-state index is -1.29. The first-order valence-electron chi connectivity index (χ1n) is 3.35. The predicted octanol–water partition coefficient (Wildman–Crippen LogP) is 2.29. The van der Waals surface area contributed by atoms with Crippen LogP contribution in [0.5, 0.6) is 0 Å². The van der Waals surface area contributed by atoms with Crippen molar-refractivity contribution < 1.29 is 14.7 Å². The summed E-state index contributed by atoms with van der Waals surface area (Å²) < 4.78 is 0. The second kappa shape index (κ2) is 4.26. The monoisotopic (exact) mass is 234 g/mol. The maximum Gasteiger partial charge on any atom is 0.410 e. The number of hydrogen-bond donors (Lipinski definition) is 2. The Morgan fingerprint density at radius 1 is 1.57 bits per heavy atom. The zero-order valence-electron chi connectivity index (χ0n) is 6.62. The summed E-state index contributed by atoms with van der Waals surface area (Å²) in [7, 11) is 0. The minimum absolute atomic E-state index is 0.0295. The van der Waals surface area contributed by atoms with Gasteiger partial charge in [-0.3, -0.25) is 10.1 Å². The van der Waals surface area contributed by atoms with Gasteiger partial charge in [-0.05, 0) is 0 Å². The third-order valence-electron chi connectivity index (χ3n) is 1.31. The van der Waals surface area contributed by atoms with E-state index in [-0.39, 0.29) is 21.6 Å². The fourth-order valence-corrected chi connectivity index (χ4v) is 1.30. The fraction of sp³-hybridized carbons (Fsp3) is 0. The van der Waals surface area contributed by atoms with Crippen LogP contribution >= 0.6 is 23.2 Å². The highest BCUT2D eigenvalue weighted by Gasteiger charge is 2.10. The molecule has 0 fully saturated rings. The second-order valence-electron chi connectivity index (χ2n) is 2.24. The zero-order chi connectivity index (χ0) is 10.7. The van der Waals surface area contributed by atoms with Crippen LogP contribution in [0.3, 0.4) is 0 Å². The van der Waals surface area contributed by atoms with Gasteiger partial charge in [0.05, 0.1) is 10.6 Å². The van der Waals surface area contributed by atoms with Gasteiger partial charge in [0.1, 0.15) is 11.0 Å². The normalized spacial score (nSPS) is 9.57. The van der Waals surface area contributed by atoms with Gasteiger partial charge in [-0.25, -0.2) is 9.78 Å². The molecule has 0 aliphatic heterocycles. The molecular weight excluding hydrogens is 231 g/mol. The van der Waals surface area contributed by atoms with Gasteiger partial charge in [-0.2, -0.15) is 0 Å². The van der Waals surface area contributed by atoms with Crippen molar-refractivity contribution in [3.63, 3.8) is 0 Å². The van der Waals surface area contributed by atoms with E-state index in [2.05, 4.69) is 4.98 Å². The molecule has 0 aromatic carbocycles. The number of anilines is 1. The number of hydrogen-bond acceptors (Lipinski definition) is 3.